The van der Waals surface area contributed by atoms with Gasteiger partial charge in [0, 0.05) is 6.42 Å². The maximum atomic E-state index is 10.7. The first-order chi connectivity index (χ1) is 4.18. The van der Waals surface area contributed by atoms with Crippen molar-refractivity contribution in [1.82, 2.24) is 0 Å². The maximum Gasteiger partial charge on any atom is 0.149 e. The highest BCUT2D eigenvalue weighted by Gasteiger charge is 2.04. The van der Waals surface area contributed by atoms with Gasteiger partial charge in [-0.2, -0.15) is 0 Å². The van der Waals surface area contributed by atoms with Crippen LogP contribution in [-0.2, 0) is 4.79 Å². The average molecular weight is 128 g/mol. The second kappa shape index (κ2) is 4.50. The third kappa shape index (κ3) is 4.15. The topological polar surface area (TPSA) is 43.1 Å². The minimum absolute atomic E-state index is 0.0665. The van der Waals surface area contributed by atoms with E-state index >= 15 is 0 Å². The average Bonchev–Trinajstić information content (AvgIpc) is 1.82. The molecule has 0 aromatic rings. The van der Waals surface area contributed by atoms with Crippen molar-refractivity contribution in [1.29, 1.82) is 0 Å². The van der Waals surface area contributed by atoms with Crippen LogP contribution in [0.25, 0.3) is 0 Å². The van der Waals surface area contributed by atoms with Gasteiger partial charge in [0.2, 0.25) is 0 Å². The molecule has 1 unspecified atom stereocenters. The van der Waals surface area contributed by atoms with Crippen molar-refractivity contribution in [2.24, 2.45) is 5.73 Å². The van der Waals surface area contributed by atoms with Crippen LogP contribution < -0.4 is 5.73 Å². The molecule has 2 nitrogen and oxygen atoms in total. The standard InChI is InChI=1S/C7H14NO/c1-3-4-5-7(9)6(2)8/h6H,2-5,8H2,1H3. The number of carbonyl (C=O) groups excluding carboxylic acids is 1. The Morgan fingerprint density at radius 3 is 2.67 bits per heavy atom. The van der Waals surface area contributed by atoms with E-state index in [0.717, 1.165) is 12.8 Å². The molecule has 1 radical (unpaired) electrons. The molecule has 0 saturated carbocycles. The van der Waals surface area contributed by atoms with Crippen LogP contribution in [0.1, 0.15) is 26.2 Å². The Hall–Kier alpha value is -0.370. The van der Waals surface area contributed by atoms with E-state index in [9.17, 15) is 4.79 Å². The van der Waals surface area contributed by atoms with Gasteiger partial charge in [0.05, 0.1) is 6.04 Å². The second-order valence-corrected chi connectivity index (χ2v) is 2.18. The van der Waals surface area contributed by atoms with Gasteiger partial charge in [-0.05, 0) is 13.3 Å². The number of rotatable bonds is 4. The van der Waals surface area contributed by atoms with Gasteiger partial charge in [-0.1, -0.05) is 13.3 Å². The summed E-state index contributed by atoms with van der Waals surface area (Å²) in [7, 11) is 0. The summed E-state index contributed by atoms with van der Waals surface area (Å²) >= 11 is 0. The van der Waals surface area contributed by atoms with Gasteiger partial charge in [-0.3, -0.25) is 4.79 Å². The molecule has 0 saturated heterocycles. The molecule has 0 bridgehead atoms. The summed E-state index contributed by atoms with van der Waals surface area (Å²) in [5.74, 6) is 0.0665. The molecule has 0 spiro atoms. The Labute approximate surface area is 56.4 Å². The summed E-state index contributed by atoms with van der Waals surface area (Å²) in [4.78, 5) is 10.7. The lowest BCUT2D eigenvalue weighted by atomic mass is 10.1. The second-order valence-electron chi connectivity index (χ2n) is 2.18. The Kier molecular flexibility index (Phi) is 4.32. The number of hydrogen-bond acceptors (Lipinski definition) is 2. The third-order valence-corrected chi connectivity index (χ3v) is 1.19. The summed E-state index contributed by atoms with van der Waals surface area (Å²) in [6.07, 6.45) is 2.56. The van der Waals surface area contributed by atoms with Gasteiger partial charge in [0.25, 0.3) is 0 Å². The molecule has 0 aliphatic heterocycles. The monoisotopic (exact) mass is 128 g/mol. The minimum Gasteiger partial charge on any atom is -0.322 e. The smallest absolute Gasteiger partial charge is 0.149 e. The Bertz CT molecular complexity index is 88.9. The normalized spacial score (nSPS) is 13.2. The van der Waals surface area contributed by atoms with Gasteiger partial charge in [-0.15, -0.1) is 0 Å². The largest absolute Gasteiger partial charge is 0.322 e. The molecule has 0 heterocycles. The van der Waals surface area contributed by atoms with Crippen LogP contribution in [0.15, 0.2) is 0 Å². The highest BCUT2D eigenvalue weighted by atomic mass is 16.1. The molecule has 0 amide bonds. The van der Waals surface area contributed by atoms with E-state index < -0.39 is 6.04 Å². The molecular weight excluding hydrogens is 114 g/mol. The summed E-state index contributed by atoms with van der Waals surface area (Å²) in [5.41, 5.74) is 5.22. The van der Waals surface area contributed by atoms with Crippen LogP contribution in [-0.4, -0.2) is 11.8 Å². The molecule has 53 valence electrons. The predicted octanol–water partition coefficient (Wildman–Crippen LogP) is 0.907. The van der Waals surface area contributed by atoms with Crippen LogP contribution in [0.4, 0.5) is 0 Å². The van der Waals surface area contributed by atoms with Crippen molar-refractivity contribution in [2.45, 2.75) is 32.2 Å². The van der Waals surface area contributed by atoms with Gasteiger partial charge >= 0.3 is 0 Å². The SMILES string of the molecule is [CH2]C(N)C(=O)CCCC. The van der Waals surface area contributed by atoms with Crippen LogP contribution >= 0.6 is 0 Å². The van der Waals surface area contributed by atoms with Gasteiger partial charge in [0.1, 0.15) is 5.78 Å². The molecule has 0 aliphatic carbocycles. The fourth-order valence-corrected chi connectivity index (χ4v) is 0.536. The summed E-state index contributed by atoms with van der Waals surface area (Å²) in [5, 5.41) is 0. The molecule has 0 aliphatic rings. The molecule has 0 aromatic heterocycles. The van der Waals surface area contributed by atoms with Crippen molar-refractivity contribution in [3.8, 4) is 0 Å². The van der Waals surface area contributed by atoms with Crippen molar-refractivity contribution >= 4 is 5.78 Å². The zero-order valence-electron chi connectivity index (χ0n) is 5.89. The van der Waals surface area contributed by atoms with E-state index in [4.69, 9.17) is 5.73 Å². The Morgan fingerprint density at radius 2 is 2.33 bits per heavy atom. The number of unbranched alkanes of at least 4 members (excludes halogenated alkanes) is 1. The van der Waals surface area contributed by atoms with E-state index in [-0.39, 0.29) is 5.78 Å². The fourth-order valence-electron chi connectivity index (χ4n) is 0.536. The van der Waals surface area contributed by atoms with Crippen LogP contribution in [0.2, 0.25) is 0 Å². The molecule has 9 heavy (non-hydrogen) atoms. The van der Waals surface area contributed by atoms with Gasteiger partial charge in [0.15, 0.2) is 0 Å². The summed E-state index contributed by atoms with van der Waals surface area (Å²) in [6, 6.07) is -0.517. The molecule has 0 fully saturated rings. The van der Waals surface area contributed by atoms with E-state index in [1.807, 2.05) is 6.92 Å². The highest BCUT2D eigenvalue weighted by Crippen LogP contribution is 1.96. The van der Waals surface area contributed by atoms with Crippen LogP contribution in [0.3, 0.4) is 0 Å². The lowest BCUT2D eigenvalue weighted by molar-refractivity contribution is -0.119. The molecule has 2 N–H and O–H groups in total. The highest BCUT2D eigenvalue weighted by molar-refractivity contribution is 5.84. The maximum absolute atomic E-state index is 10.7. The Balaban J connectivity index is 3.28. The summed E-state index contributed by atoms with van der Waals surface area (Å²) in [6.45, 7) is 5.46. The molecule has 0 aromatic carbocycles. The number of Topliss-reactive ketones (excluding diaryl/α,β-unsaturated/α-hetero) is 1. The van der Waals surface area contributed by atoms with E-state index in [1.165, 1.54) is 0 Å². The number of hydrogen-bond donors (Lipinski definition) is 1. The first-order valence-corrected chi connectivity index (χ1v) is 3.30. The minimum atomic E-state index is -0.517. The lowest BCUT2D eigenvalue weighted by Crippen LogP contribution is -2.26. The molecular formula is C7H14NO. The van der Waals surface area contributed by atoms with E-state index in [1.54, 1.807) is 0 Å². The predicted molar refractivity (Wildman–Crippen MR) is 37.9 cm³/mol. The summed E-state index contributed by atoms with van der Waals surface area (Å²) < 4.78 is 0. The van der Waals surface area contributed by atoms with Gasteiger partial charge < -0.3 is 5.73 Å². The first-order valence-electron chi connectivity index (χ1n) is 3.30. The first kappa shape index (κ1) is 8.63. The van der Waals surface area contributed by atoms with E-state index in [0.29, 0.717) is 6.42 Å². The number of ketones is 1. The zero-order valence-corrected chi connectivity index (χ0v) is 5.89. The van der Waals surface area contributed by atoms with Crippen LogP contribution in [0.5, 0.6) is 0 Å². The molecule has 2 heteroatoms. The van der Waals surface area contributed by atoms with Crippen molar-refractivity contribution in [3.05, 3.63) is 6.92 Å². The Morgan fingerprint density at radius 1 is 1.78 bits per heavy atom. The van der Waals surface area contributed by atoms with Crippen molar-refractivity contribution in [2.75, 3.05) is 0 Å². The number of carbonyl (C=O) groups is 1. The zero-order chi connectivity index (χ0) is 7.28. The van der Waals surface area contributed by atoms with E-state index in [2.05, 4.69) is 6.92 Å². The lowest BCUT2D eigenvalue weighted by Gasteiger charge is -2.00. The quantitative estimate of drug-likeness (QED) is 0.611. The van der Waals surface area contributed by atoms with Crippen molar-refractivity contribution in [3.63, 3.8) is 0 Å². The van der Waals surface area contributed by atoms with Crippen molar-refractivity contribution < 1.29 is 4.79 Å². The van der Waals surface area contributed by atoms with Gasteiger partial charge in [-0.25, -0.2) is 0 Å². The number of nitrogens with two attached hydrogens (primary N) is 1. The molecule has 0 rings (SSSR count). The third-order valence-electron chi connectivity index (χ3n) is 1.19. The molecule has 1 atom stereocenters. The fraction of sp³-hybridized carbons (Fsp3) is 0.714. The van der Waals surface area contributed by atoms with Crippen LogP contribution in [0, 0.1) is 6.92 Å².